The standard InChI is InChI=1S/C16H22N2O2/c1-2-3-15(19)18-8-6-11-10-20-14-5-4-13-12(16(11)14)7-9-17-13/h4-5,11,17H,2-3,6-10H2,1H3,(H,18,19). The molecule has 2 aliphatic heterocycles. The van der Waals surface area contributed by atoms with Gasteiger partial charge in [0, 0.05) is 36.7 Å². The van der Waals surface area contributed by atoms with Gasteiger partial charge in [0.15, 0.2) is 0 Å². The van der Waals surface area contributed by atoms with Crippen molar-refractivity contribution in [3.8, 4) is 5.75 Å². The molecule has 20 heavy (non-hydrogen) atoms. The third-order valence-corrected chi connectivity index (χ3v) is 4.15. The third-order valence-electron chi connectivity index (χ3n) is 4.15. The molecule has 4 heteroatoms. The van der Waals surface area contributed by atoms with Crippen LogP contribution >= 0.6 is 0 Å². The average Bonchev–Trinajstić information content (AvgIpc) is 3.04. The van der Waals surface area contributed by atoms with Crippen LogP contribution in [-0.2, 0) is 11.2 Å². The van der Waals surface area contributed by atoms with E-state index in [0.717, 1.165) is 44.7 Å². The van der Waals surface area contributed by atoms with Crippen molar-refractivity contribution >= 4 is 11.6 Å². The lowest BCUT2D eigenvalue weighted by molar-refractivity contribution is -0.121. The lowest BCUT2D eigenvalue weighted by Crippen LogP contribution is -2.25. The zero-order valence-electron chi connectivity index (χ0n) is 12.0. The summed E-state index contributed by atoms with van der Waals surface area (Å²) >= 11 is 0. The fourth-order valence-corrected chi connectivity index (χ4v) is 3.18. The van der Waals surface area contributed by atoms with Gasteiger partial charge in [-0.1, -0.05) is 6.92 Å². The number of hydrogen-bond donors (Lipinski definition) is 2. The molecule has 0 fully saturated rings. The highest BCUT2D eigenvalue weighted by atomic mass is 16.5. The first-order chi connectivity index (χ1) is 9.79. The van der Waals surface area contributed by atoms with Crippen LogP contribution in [0.1, 0.15) is 43.2 Å². The molecule has 2 heterocycles. The molecule has 1 unspecified atom stereocenters. The summed E-state index contributed by atoms with van der Waals surface area (Å²) in [5.41, 5.74) is 4.05. The number of benzene rings is 1. The van der Waals surface area contributed by atoms with E-state index in [1.807, 2.05) is 6.92 Å². The van der Waals surface area contributed by atoms with E-state index in [-0.39, 0.29) is 5.91 Å². The molecule has 0 spiro atoms. The monoisotopic (exact) mass is 274 g/mol. The molecule has 0 radical (unpaired) electrons. The fourth-order valence-electron chi connectivity index (χ4n) is 3.18. The van der Waals surface area contributed by atoms with E-state index >= 15 is 0 Å². The van der Waals surface area contributed by atoms with Gasteiger partial charge >= 0.3 is 0 Å². The minimum atomic E-state index is 0.159. The minimum Gasteiger partial charge on any atom is -0.493 e. The van der Waals surface area contributed by atoms with E-state index < -0.39 is 0 Å². The minimum absolute atomic E-state index is 0.159. The Balaban J connectivity index is 1.64. The molecule has 4 nitrogen and oxygen atoms in total. The average molecular weight is 274 g/mol. The first kappa shape index (κ1) is 13.3. The Labute approximate surface area is 119 Å². The molecule has 1 atom stereocenters. The first-order valence-electron chi connectivity index (χ1n) is 7.58. The Morgan fingerprint density at radius 1 is 1.50 bits per heavy atom. The summed E-state index contributed by atoms with van der Waals surface area (Å²) in [6.07, 6.45) is 3.57. The Bertz CT molecular complexity index is 513. The lowest BCUT2D eigenvalue weighted by atomic mass is 9.92. The number of nitrogens with one attached hydrogen (secondary N) is 2. The van der Waals surface area contributed by atoms with Crippen molar-refractivity contribution in [3.63, 3.8) is 0 Å². The van der Waals surface area contributed by atoms with Crippen molar-refractivity contribution < 1.29 is 9.53 Å². The summed E-state index contributed by atoms with van der Waals surface area (Å²) in [4.78, 5) is 11.5. The highest BCUT2D eigenvalue weighted by Gasteiger charge is 2.29. The predicted octanol–water partition coefficient (Wildman–Crippen LogP) is 2.44. The van der Waals surface area contributed by atoms with E-state index in [2.05, 4.69) is 22.8 Å². The molecule has 0 aromatic heterocycles. The van der Waals surface area contributed by atoms with Gasteiger partial charge in [-0.25, -0.2) is 0 Å². The topological polar surface area (TPSA) is 50.4 Å². The van der Waals surface area contributed by atoms with Gasteiger partial charge in [-0.05, 0) is 37.0 Å². The number of rotatable bonds is 5. The number of anilines is 1. The smallest absolute Gasteiger partial charge is 0.219 e. The predicted molar refractivity (Wildman–Crippen MR) is 79.4 cm³/mol. The largest absolute Gasteiger partial charge is 0.493 e. The molecule has 3 rings (SSSR count). The molecule has 0 aliphatic carbocycles. The van der Waals surface area contributed by atoms with Crippen molar-refractivity contribution in [1.29, 1.82) is 0 Å². The molecule has 2 N–H and O–H groups in total. The fraction of sp³-hybridized carbons (Fsp3) is 0.562. The van der Waals surface area contributed by atoms with Crippen molar-refractivity contribution in [3.05, 3.63) is 23.3 Å². The molecular weight excluding hydrogens is 252 g/mol. The van der Waals surface area contributed by atoms with Crippen LogP contribution in [0.2, 0.25) is 0 Å². The quantitative estimate of drug-likeness (QED) is 0.867. The van der Waals surface area contributed by atoms with E-state index in [1.54, 1.807) is 0 Å². The molecule has 1 aromatic carbocycles. The van der Waals surface area contributed by atoms with Gasteiger partial charge in [-0.2, -0.15) is 0 Å². The van der Waals surface area contributed by atoms with Gasteiger partial charge < -0.3 is 15.4 Å². The number of ether oxygens (including phenoxy) is 1. The van der Waals surface area contributed by atoms with Crippen molar-refractivity contribution in [2.45, 2.75) is 38.5 Å². The molecule has 108 valence electrons. The van der Waals surface area contributed by atoms with Crippen LogP contribution in [0.15, 0.2) is 12.1 Å². The van der Waals surface area contributed by atoms with Gasteiger partial charge in [0.1, 0.15) is 5.75 Å². The van der Waals surface area contributed by atoms with Crippen LogP contribution in [0, 0.1) is 0 Å². The van der Waals surface area contributed by atoms with Crippen LogP contribution in [0.4, 0.5) is 5.69 Å². The van der Waals surface area contributed by atoms with Gasteiger partial charge in [-0.3, -0.25) is 4.79 Å². The Morgan fingerprint density at radius 2 is 2.40 bits per heavy atom. The van der Waals surface area contributed by atoms with Gasteiger partial charge in [0.05, 0.1) is 6.61 Å². The molecule has 1 amide bonds. The normalized spacial score (nSPS) is 18.9. The van der Waals surface area contributed by atoms with E-state index in [4.69, 9.17) is 4.74 Å². The second-order valence-electron chi connectivity index (χ2n) is 5.58. The van der Waals surface area contributed by atoms with Crippen molar-refractivity contribution in [2.75, 3.05) is 25.0 Å². The maximum Gasteiger partial charge on any atom is 0.219 e. The molecule has 0 saturated heterocycles. The number of carbonyl (C=O) groups is 1. The van der Waals surface area contributed by atoms with E-state index in [0.29, 0.717) is 12.3 Å². The van der Waals surface area contributed by atoms with E-state index in [1.165, 1.54) is 16.8 Å². The molecule has 1 aromatic rings. The zero-order valence-corrected chi connectivity index (χ0v) is 12.0. The summed E-state index contributed by atoms with van der Waals surface area (Å²) in [6, 6.07) is 4.19. The van der Waals surface area contributed by atoms with Crippen LogP contribution in [0.25, 0.3) is 0 Å². The highest BCUT2D eigenvalue weighted by molar-refractivity contribution is 5.75. The Morgan fingerprint density at radius 3 is 3.25 bits per heavy atom. The molecule has 0 saturated carbocycles. The van der Waals surface area contributed by atoms with Gasteiger partial charge in [-0.15, -0.1) is 0 Å². The highest BCUT2D eigenvalue weighted by Crippen LogP contribution is 2.42. The van der Waals surface area contributed by atoms with Crippen LogP contribution in [0.3, 0.4) is 0 Å². The molecule has 2 aliphatic rings. The maximum absolute atomic E-state index is 11.5. The number of amides is 1. The maximum atomic E-state index is 11.5. The SMILES string of the molecule is CCCC(=O)NCCC1COc2ccc3c(c21)CCN3. The van der Waals surface area contributed by atoms with Gasteiger partial charge in [0.2, 0.25) is 5.91 Å². The summed E-state index contributed by atoms with van der Waals surface area (Å²) in [5, 5.41) is 6.42. The number of hydrogen-bond acceptors (Lipinski definition) is 3. The second-order valence-corrected chi connectivity index (χ2v) is 5.58. The first-order valence-corrected chi connectivity index (χ1v) is 7.58. The summed E-state index contributed by atoms with van der Waals surface area (Å²) in [7, 11) is 0. The van der Waals surface area contributed by atoms with E-state index in [9.17, 15) is 4.79 Å². The van der Waals surface area contributed by atoms with Gasteiger partial charge in [0.25, 0.3) is 0 Å². The van der Waals surface area contributed by atoms with Crippen LogP contribution in [0.5, 0.6) is 5.75 Å². The second kappa shape index (κ2) is 5.73. The zero-order chi connectivity index (χ0) is 13.9. The molecular formula is C16H22N2O2. The summed E-state index contributed by atoms with van der Waals surface area (Å²) in [6.45, 7) is 4.53. The molecule has 0 bridgehead atoms. The lowest BCUT2D eigenvalue weighted by Gasteiger charge is -2.13. The van der Waals surface area contributed by atoms with Crippen LogP contribution in [-0.4, -0.2) is 25.6 Å². The third kappa shape index (κ3) is 2.47. The van der Waals surface area contributed by atoms with Crippen molar-refractivity contribution in [1.82, 2.24) is 5.32 Å². The Kier molecular flexibility index (Phi) is 3.81. The van der Waals surface area contributed by atoms with Crippen LogP contribution < -0.4 is 15.4 Å². The summed E-state index contributed by atoms with van der Waals surface area (Å²) in [5.74, 6) is 1.62. The summed E-state index contributed by atoms with van der Waals surface area (Å²) < 4.78 is 5.80. The van der Waals surface area contributed by atoms with Crippen molar-refractivity contribution in [2.24, 2.45) is 0 Å². The Hall–Kier alpha value is -1.71. The number of carbonyl (C=O) groups excluding carboxylic acids is 1. The number of fused-ring (bicyclic) bond motifs is 3.